The Hall–Kier alpha value is -3.52. The molecule has 0 aliphatic heterocycles. The molecule has 6 nitrogen and oxygen atoms in total. The van der Waals surface area contributed by atoms with Gasteiger partial charge in [-0.3, -0.25) is 4.79 Å². The van der Waals surface area contributed by atoms with Crippen molar-refractivity contribution in [2.45, 2.75) is 6.42 Å². The van der Waals surface area contributed by atoms with Gasteiger partial charge in [-0.25, -0.2) is 4.39 Å². The number of phenolic OH excluding ortho intramolecular Hbond substituents is 1. The van der Waals surface area contributed by atoms with E-state index in [0.29, 0.717) is 32.1 Å². The molecule has 8 heteroatoms. The largest absolute Gasteiger partial charge is 0.508 e. The van der Waals surface area contributed by atoms with Crippen LogP contribution in [0.15, 0.2) is 75.4 Å². The van der Waals surface area contributed by atoms with Crippen molar-refractivity contribution in [3.8, 4) is 22.8 Å². The molecule has 0 aliphatic carbocycles. The van der Waals surface area contributed by atoms with Crippen LogP contribution in [0.1, 0.15) is 5.56 Å². The zero-order valence-electron chi connectivity index (χ0n) is 15.4. The molecule has 0 radical (unpaired) electrons. The van der Waals surface area contributed by atoms with Gasteiger partial charge in [0.2, 0.25) is 5.88 Å². The minimum absolute atomic E-state index is 0.00660. The Bertz CT molecular complexity index is 1280. The van der Waals surface area contributed by atoms with Gasteiger partial charge in [-0.1, -0.05) is 40.2 Å². The lowest BCUT2D eigenvalue weighted by Gasteiger charge is -2.08. The van der Waals surface area contributed by atoms with E-state index in [1.807, 2.05) is 0 Å². The molecule has 1 aromatic heterocycles. The molecule has 1 amide bonds. The normalized spacial score (nSPS) is 11.4. The lowest BCUT2D eigenvalue weighted by atomic mass is 10.0. The number of carbonyl (C=O) groups excluding carboxylic acids is 1. The number of aromatic hydroxyl groups is 2. The van der Waals surface area contributed by atoms with Gasteiger partial charge >= 0.3 is 0 Å². The Morgan fingerprint density at radius 1 is 1.07 bits per heavy atom. The number of nitrogens with zero attached hydrogens (tertiary/aromatic N) is 2. The lowest BCUT2D eigenvalue weighted by molar-refractivity contribution is -0.117. The summed E-state index contributed by atoms with van der Waals surface area (Å²) >= 11 is 3.47. The molecule has 30 heavy (non-hydrogen) atoms. The van der Waals surface area contributed by atoms with Gasteiger partial charge in [0.25, 0.3) is 5.91 Å². The lowest BCUT2D eigenvalue weighted by Crippen LogP contribution is -1.97. The van der Waals surface area contributed by atoms with Crippen molar-refractivity contribution in [3.63, 3.8) is 0 Å². The highest BCUT2D eigenvalue weighted by atomic mass is 79.9. The third kappa shape index (κ3) is 3.95. The Balaban J connectivity index is 1.74. The number of rotatable bonds is 4. The molecule has 3 aromatic carbocycles. The number of carbonyl (C=O) groups is 1. The zero-order chi connectivity index (χ0) is 21.3. The molecule has 3 N–H and O–H groups in total. The van der Waals surface area contributed by atoms with Crippen molar-refractivity contribution >= 4 is 38.4 Å². The van der Waals surface area contributed by atoms with E-state index in [2.05, 4.69) is 31.1 Å². The molecule has 0 atom stereocenters. The van der Waals surface area contributed by atoms with E-state index in [9.17, 15) is 19.4 Å². The quantitative estimate of drug-likeness (QED) is 0.321. The van der Waals surface area contributed by atoms with Gasteiger partial charge in [0.05, 0.1) is 11.9 Å². The van der Waals surface area contributed by atoms with Crippen LogP contribution >= 0.6 is 15.9 Å². The number of nitrogens with one attached hydrogen (secondary N) is 1. The number of aromatic nitrogens is 1. The summed E-state index contributed by atoms with van der Waals surface area (Å²) in [6.45, 7) is 0. The number of hydrogen-bond acceptors (Lipinski definition) is 4. The van der Waals surface area contributed by atoms with E-state index in [1.165, 1.54) is 24.3 Å². The smallest absolute Gasteiger partial charge is 0.269 e. The van der Waals surface area contributed by atoms with Gasteiger partial charge in [-0.15, -0.1) is 10.2 Å². The number of hydrogen-bond donors (Lipinski definition) is 3. The minimum atomic E-state index is -0.517. The van der Waals surface area contributed by atoms with Gasteiger partial charge in [0.1, 0.15) is 11.6 Å². The van der Waals surface area contributed by atoms with E-state index < -0.39 is 11.7 Å². The van der Waals surface area contributed by atoms with E-state index in [-0.39, 0.29) is 23.7 Å². The number of phenols is 1. The number of benzene rings is 3. The van der Waals surface area contributed by atoms with Crippen LogP contribution in [0.2, 0.25) is 0 Å². The Morgan fingerprint density at radius 3 is 2.57 bits per heavy atom. The summed E-state index contributed by atoms with van der Waals surface area (Å²) in [7, 11) is 0. The molecule has 4 rings (SSSR count). The third-order valence-electron chi connectivity index (χ3n) is 4.54. The second-order valence-electron chi connectivity index (χ2n) is 6.61. The Kier molecular flexibility index (Phi) is 5.33. The first kappa shape index (κ1) is 19.8. The highest BCUT2D eigenvalue weighted by Gasteiger charge is 2.18. The van der Waals surface area contributed by atoms with Crippen LogP contribution in [0.3, 0.4) is 0 Å². The van der Waals surface area contributed by atoms with E-state index in [1.54, 1.807) is 36.4 Å². The number of halogens is 2. The molecule has 0 saturated carbocycles. The van der Waals surface area contributed by atoms with Gasteiger partial charge < -0.3 is 15.2 Å². The van der Waals surface area contributed by atoms with Crippen LogP contribution in [0.5, 0.6) is 11.6 Å². The summed E-state index contributed by atoms with van der Waals surface area (Å²) in [4.78, 5) is 15.0. The molecule has 1 heterocycles. The number of amides is 1. The standard InChI is InChI=1S/C22H15BrFN3O3/c23-16-8-9-17-20(19(16)13-2-1-3-14(24)11-13)21(22(30)25-17)27-26-18(29)10-12-4-6-15(28)7-5-12/h1-9,11,25,28,30H,10H2. The molecule has 0 bridgehead atoms. The van der Waals surface area contributed by atoms with Crippen LogP contribution < -0.4 is 0 Å². The number of H-pyrrole nitrogens is 1. The Morgan fingerprint density at radius 2 is 1.83 bits per heavy atom. The summed E-state index contributed by atoms with van der Waals surface area (Å²) in [5.41, 5.74) is 2.52. The fourth-order valence-corrected chi connectivity index (χ4v) is 3.74. The predicted octanol–water partition coefficient (Wildman–Crippen LogP) is 6.00. The van der Waals surface area contributed by atoms with Crippen molar-refractivity contribution < 1.29 is 19.4 Å². The molecule has 0 aliphatic rings. The van der Waals surface area contributed by atoms with Crippen LogP contribution in [-0.2, 0) is 11.2 Å². The summed E-state index contributed by atoms with van der Waals surface area (Å²) in [5.74, 6) is -1.06. The SMILES string of the molecule is O=C(Cc1ccc(O)cc1)N=Nc1c(O)[nH]c2ccc(Br)c(-c3cccc(F)c3)c12. The summed E-state index contributed by atoms with van der Waals surface area (Å²) in [6, 6.07) is 15.7. The van der Waals surface area contributed by atoms with E-state index in [4.69, 9.17) is 0 Å². The second kappa shape index (κ2) is 8.08. The average Bonchev–Trinajstić information content (AvgIpc) is 3.03. The maximum atomic E-state index is 13.8. The average molecular weight is 468 g/mol. The van der Waals surface area contributed by atoms with Gasteiger partial charge in [0, 0.05) is 15.4 Å². The fourth-order valence-electron chi connectivity index (χ4n) is 3.19. The highest BCUT2D eigenvalue weighted by Crippen LogP contribution is 2.44. The predicted molar refractivity (Wildman–Crippen MR) is 114 cm³/mol. The molecule has 150 valence electrons. The van der Waals surface area contributed by atoms with Crippen molar-refractivity contribution in [2.24, 2.45) is 10.2 Å². The molecule has 0 unspecified atom stereocenters. The number of azo groups is 1. The minimum Gasteiger partial charge on any atom is -0.508 e. The van der Waals surface area contributed by atoms with Crippen LogP contribution in [-0.4, -0.2) is 21.1 Å². The molecular formula is C22H15BrFN3O3. The third-order valence-corrected chi connectivity index (χ3v) is 5.20. The molecule has 0 spiro atoms. The first-order chi connectivity index (χ1) is 14.4. The molecular weight excluding hydrogens is 453 g/mol. The van der Waals surface area contributed by atoms with Crippen molar-refractivity contribution in [2.75, 3.05) is 0 Å². The molecule has 4 aromatic rings. The van der Waals surface area contributed by atoms with Gasteiger partial charge in [-0.05, 0) is 47.5 Å². The van der Waals surface area contributed by atoms with Crippen molar-refractivity contribution in [1.82, 2.24) is 4.98 Å². The van der Waals surface area contributed by atoms with E-state index >= 15 is 0 Å². The van der Waals surface area contributed by atoms with Gasteiger partial charge in [-0.2, -0.15) is 0 Å². The van der Waals surface area contributed by atoms with E-state index in [0.717, 1.165) is 0 Å². The van der Waals surface area contributed by atoms with Crippen molar-refractivity contribution in [3.05, 3.63) is 76.5 Å². The van der Waals surface area contributed by atoms with Gasteiger partial charge in [0.15, 0.2) is 5.69 Å². The molecule has 0 fully saturated rings. The van der Waals surface area contributed by atoms with Crippen LogP contribution in [0.25, 0.3) is 22.0 Å². The van der Waals surface area contributed by atoms with Crippen molar-refractivity contribution in [1.29, 1.82) is 0 Å². The summed E-state index contributed by atoms with van der Waals surface area (Å²) < 4.78 is 14.5. The van der Waals surface area contributed by atoms with Crippen LogP contribution in [0.4, 0.5) is 10.1 Å². The summed E-state index contributed by atoms with van der Waals surface area (Å²) in [6.07, 6.45) is -0.00660. The maximum Gasteiger partial charge on any atom is 0.269 e. The summed E-state index contributed by atoms with van der Waals surface area (Å²) in [5, 5.41) is 27.9. The number of aromatic amines is 1. The first-order valence-electron chi connectivity index (χ1n) is 8.94. The zero-order valence-corrected chi connectivity index (χ0v) is 17.0. The maximum absolute atomic E-state index is 13.8. The molecule has 0 saturated heterocycles. The fraction of sp³-hybridized carbons (Fsp3) is 0.0455. The first-order valence-corrected chi connectivity index (χ1v) is 9.73. The monoisotopic (exact) mass is 467 g/mol. The highest BCUT2D eigenvalue weighted by molar-refractivity contribution is 9.10. The Labute approximate surface area is 178 Å². The number of fused-ring (bicyclic) bond motifs is 1. The topological polar surface area (TPSA) is 98.0 Å². The second-order valence-corrected chi connectivity index (χ2v) is 7.47. The van der Waals surface area contributed by atoms with Crippen LogP contribution in [0, 0.1) is 5.82 Å².